The van der Waals surface area contributed by atoms with E-state index < -0.39 is 11.9 Å². The first-order valence-corrected chi connectivity index (χ1v) is 8.64. The van der Waals surface area contributed by atoms with Crippen LogP contribution in [0.2, 0.25) is 5.02 Å². The first-order valence-electron chi connectivity index (χ1n) is 6.40. The van der Waals surface area contributed by atoms with E-state index in [9.17, 15) is 9.59 Å². The lowest BCUT2D eigenvalue weighted by Crippen LogP contribution is -2.21. The molecule has 1 aromatic heterocycles. The first-order chi connectivity index (χ1) is 11.1. The van der Waals surface area contributed by atoms with Crippen LogP contribution in [0.25, 0.3) is 0 Å². The number of nitrogens with one attached hydrogen (secondary N) is 1. The second kappa shape index (κ2) is 8.58. The van der Waals surface area contributed by atoms with Gasteiger partial charge in [0, 0.05) is 9.92 Å². The van der Waals surface area contributed by atoms with Gasteiger partial charge in [-0.1, -0.05) is 11.6 Å². The molecule has 23 heavy (non-hydrogen) atoms. The zero-order valence-electron chi connectivity index (χ0n) is 11.7. The fraction of sp³-hybridized carbons (Fsp3) is 0.133. The third-order valence-electron chi connectivity index (χ3n) is 2.57. The van der Waals surface area contributed by atoms with Crippen LogP contribution in [-0.4, -0.2) is 24.2 Å². The van der Waals surface area contributed by atoms with Gasteiger partial charge in [-0.05, 0) is 35.7 Å². The topological polar surface area (TPSA) is 79.2 Å². The van der Waals surface area contributed by atoms with Crippen LogP contribution >= 0.6 is 34.7 Å². The molecule has 0 bridgehead atoms. The monoisotopic (exact) mass is 366 g/mol. The van der Waals surface area contributed by atoms with Crippen LogP contribution in [0, 0.1) is 11.3 Å². The minimum Gasteiger partial charge on any atom is -0.455 e. The summed E-state index contributed by atoms with van der Waals surface area (Å²) in [6.45, 7) is -0.386. The van der Waals surface area contributed by atoms with Crippen LogP contribution in [0.5, 0.6) is 0 Å². The van der Waals surface area contributed by atoms with E-state index in [2.05, 4.69) is 5.32 Å². The number of nitriles is 1. The molecule has 0 spiro atoms. The third-order valence-corrected chi connectivity index (χ3v) is 4.64. The van der Waals surface area contributed by atoms with Gasteiger partial charge in [0.2, 0.25) is 0 Å². The summed E-state index contributed by atoms with van der Waals surface area (Å²) >= 11 is 8.30. The van der Waals surface area contributed by atoms with Crippen molar-refractivity contribution < 1.29 is 14.3 Å². The van der Waals surface area contributed by atoms with Crippen LogP contribution < -0.4 is 5.32 Å². The van der Waals surface area contributed by atoms with Gasteiger partial charge < -0.3 is 10.1 Å². The standard InChI is InChI=1S/C15H11ClN2O3S2/c16-11-1-3-12(4-2-11)23-9-14(20)21-8-13(19)18-15-10(7-17)5-6-22-15/h1-6H,8-9H2,(H,18,19). The molecule has 0 fully saturated rings. The number of carbonyl (C=O) groups is 2. The van der Waals surface area contributed by atoms with Gasteiger partial charge in [-0.25, -0.2) is 0 Å². The summed E-state index contributed by atoms with van der Waals surface area (Å²) in [7, 11) is 0. The molecule has 0 radical (unpaired) electrons. The number of hydrogen-bond donors (Lipinski definition) is 1. The number of rotatable bonds is 6. The zero-order chi connectivity index (χ0) is 16.7. The summed E-state index contributed by atoms with van der Waals surface area (Å²) in [6, 6.07) is 10.6. The summed E-state index contributed by atoms with van der Waals surface area (Å²) in [5.41, 5.74) is 0.382. The minimum atomic E-state index is -0.494. The van der Waals surface area contributed by atoms with E-state index in [-0.39, 0.29) is 12.4 Å². The number of benzene rings is 1. The largest absolute Gasteiger partial charge is 0.455 e. The second-order valence-electron chi connectivity index (χ2n) is 4.23. The van der Waals surface area contributed by atoms with Crippen molar-refractivity contribution in [1.29, 1.82) is 5.26 Å². The molecule has 0 aliphatic rings. The molecule has 1 N–H and O–H groups in total. The maximum Gasteiger partial charge on any atom is 0.316 e. The molecule has 0 saturated carbocycles. The number of anilines is 1. The Labute approximate surface area is 146 Å². The first kappa shape index (κ1) is 17.3. The molecular weight excluding hydrogens is 356 g/mol. The van der Waals surface area contributed by atoms with E-state index in [0.29, 0.717) is 15.6 Å². The van der Waals surface area contributed by atoms with Gasteiger partial charge >= 0.3 is 5.97 Å². The van der Waals surface area contributed by atoms with Gasteiger partial charge in [0.15, 0.2) is 6.61 Å². The van der Waals surface area contributed by atoms with Gasteiger partial charge in [-0.2, -0.15) is 5.26 Å². The molecular formula is C15H11ClN2O3S2. The Morgan fingerprint density at radius 1 is 1.30 bits per heavy atom. The van der Waals surface area contributed by atoms with E-state index in [0.717, 1.165) is 4.90 Å². The lowest BCUT2D eigenvalue weighted by Gasteiger charge is -2.05. The van der Waals surface area contributed by atoms with Crippen molar-refractivity contribution in [3.8, 4) is 6.07 Å². The van der Waals surface area contributed by atoms with Gasteiger partial charge in [-0.3, -0.25) is 9.59 Å². The molecule has 1 amide bonds. The van der Waals surface area contributed by atoms with Crippen molar-refractivity contribution in [2.75, 3.05) is 17.7 Å². The number of thiophene rings is 1. The van der Waals surface area contributed by atoms with Crippen LogP contribution in [-0.2, 0) is 14.3 Å². The Kier molecular flexibility index (Phi) is 6.47. The predicted octanol–water partition coefficient (Wildman–Crippen LogP) is 3.55. The number of ether oxygens (including phenoxy) is 1. The van der Waals surface area contributed by atoms with Gasteiger partial charge in [0.1, 0.15) is 11.1 Å². The van der Waals surface area contributed by atoms with Crippen molar-refractivity contribution in [3.05, 3.63) is 46.3 Å². The highest BCUT2D eigenvalue weighted by Crippen LogP contribution is 2.22. The Morgan fingerprint density at radius 2 is 2.04 bits per heavy atom. The molecule has 0 unspecified atom stereocenters. The van der Waals surface area contributed by atoms with Gasteiger partial charge in [-0.15, -0.1) is 23.1 Å². The van der Waals surface area contributed by atoms with Crippen molar-refractivity contribution in [1.82, 2.24) is 0 Å². The fourth-order valence-electron chi connectivity index (χ4n) is 1.52. The Bertz CT molecular complexity index is 738. The van der Waals surface area contributed by atoms with Gasteiger partial charge in [0.25, 0.3) is 5.91 Å². The summed E-state index contributed by atoms with van der Waals surface area (Å²) in [6.07, 6.45) is 0. The van der Waals surface area contributed by atoms with Crippen molar-refractivity contribution in [2.45, 2.75) is 4.90 Å². The van der Waals surface area contributed by atoms with Crippen LogP contribution in [0.4, 0.5) is 5.00 Å². The van der Waals surface area contributed by atoms with Crippen LogP contribution in [0.3, 0.4) is 0 Å². The highest BCUT2D eigenvalue weighted by atomic mass is 35.5. The lowest BCUT2D eigenvalue weighted by atomic mass is 10.3. The normalized spacial score (nSPS) is 9.91. The van der Waals surface area contributed by atoms with Gasteiger partial charge in [0.05, 0.1) is 11.3 Å². The Morgan fingerprint density at radius 3 is 2.74 bits per heavy atom. The van der Waals surface area contributed by atoms with E-state index in [4.69, 9.17) is 21.6 Å². The number of esters is 1. The number of amides is 1. The number of hydrogen-bond acceptors (Lipinski definition) is 6. The molecule has 5 nitrogen and oxygen atoms in total. The molecule has 0 saturated heterocycles. The summed E-state index contributed by atoms with van der Waals surface area (Å²) in [5, 5.41) is 14.1. The van der Waals surface area contributed by atoms with Crippen LogP contribution in [0.1, 0.15) is 5.56 Å². The average molecular weight is 367 g/mol. The highest BCUT2D eigenvalue weighted by molar-refractivity contribution is 8.00. The molecule has 1 aromatic carbocycles. The summed E-state index contributed by atoms with van der Waals surface area (Å²) < 4.78 is 4.90. The Balaban J connectivity index is 1.72. The maximum atomic E-state index is 11.7. The van der Waals surface area contributed by atoms with E-state index >= 15 is 0 Å². The molecule has 2 rings (SSSR count). The highest BCUT2D eigenvalue weighted by Gasteiger charge is 2.11. The fourth-order valence-corrected chi connectivity index (χ4v) is 3.09. The molecule has 1 heterocycles. The summed E-state index contributed by atoms with van der Waals surface area (Å²) in [4.78, 5) is 24.2. The second-order valence-corrected chi connectivity index (χ2v) is 6.63. The lowest BCUT2D eigenvalue weighted by molar-refractivity contribution is -0.144. The number of thioether (sulfide) groups is 1. The maximum absolute atomic E-state index is 11.7. The minimum absolute atomic E-state index is 0.0946. The number of halogens is 1. The van der Waals surface area contributed by atoms with E-state index in [1.807, 2.05) is 6.07 Å². The van der Waals surface area contributed by atoms with E-state index in [1.54, 1.807) is 35.7 Å². The van der Waals surface area contributed by atoms with Crippen molar-refractivity contribution in [3.63, 3.8) is 0 Å². The molecule has 8 heteroatoms. The molecule has 0 aliphatic carbocycles. The zero-order valence-corrected chi connectivity index (χ0v) is 14.1. The van der Waals surface area contributed by atoms with Crippen LogP contribution in [0.15, 0.2) is 40.6 Å². The number of carbonyl (C=O) groups excluding carboxylic acids is 2. The third kappa shape index (κ3) is 5.60. The smallest absolute Gasteiger partial charge is 0.316 e. The molecule has 2 aromatic rings. The van der Waals surface area contributed by atoms with Crippen molar-refractivity contribution >= 4 is 51.6 Å². The quantitative estimate of drug-likeness (QED) is 0.624. The SMILES string of the molecule is N#Cc1ccsc1NC(=O)COC(=O)CSc1ccc(Cl)cc1. The summed E-state index contributed by atoms with van der Waals surface area (Å²) in [5.74, 6) is -0.877. The number of nitrogens with zero attached hydrogens (tertiary/aromatic N) is 1. The van der Waals surface area contributed by atoms with E-state index in [1.165, 1.54) is 23.1 Å². The van der Waals surface area contributed by atoms with Crippen molar-refractivity contribution in [2.24, 2.45) is 0 Å². The molecule has 118 valence electrons. The average Bonchev–Trinajstić information content (AvgIpc) is 2.99. The molecule has 0 aliphatic heterocycles. The molecule has 0 atom stereocenters. The Hall–Kier alpha value is -2.01. The predicted molar refractivity (Wildman–Crippen MR) is 90.8 cm³/mol.